The third kappa shape index (κ3) is 3.94. The van der Waals surface area contributed by atoms with Crippen molar-refractivity contribution in [2.75, 3.05) is 6.54 Å². The Hall–Kier alpha value is -0.290. The lowest BCUT2D eigenvalue weighted by atomic mass is 10.2. The molecule has 0 heterocycles. The molecule has 6 heteroatoms. The lowest BCUT2D eigenvalue weighted by molar-refractivity contribution is 0.0941. The van der Waals surface area contributed by atoms with Gasteiger partial charge in [0.15, 0.2) is 0 Å². The van der Waals surface area contributed by atoms with Gasteiger partial charge in [-0.2, -0.15) is 0 Å². The van der Waals surface area contributed by atoms with Crippen molar-refractivity contribution in [3.63, 3.8) is 0 Å². The second kappa shape index (κ2) is 7.12. The molecule has 0 aromatic heterocycles. The van der Waals surface area contributed by atoms with Crippen LogP contribution in [0, 0.1) is 0 Å². The molecular weight excluding hydrogens is 315 g/mol. The third-order valence-corrected chi connectivity index (χ3v) is 3.22. The van der Waals surface area contributed by atoms with Crippen LogP contribution in [-0.4, -0.2) is 18.5 Å². The van der Waals surface area contributed by atoms with E-state index in [0.717, 1.165) is 0 Å². The zero-order valence-electron chi connectivity index (χ0n) is 8.67. The van der Waals surface area contributed by atoms with Crippen molar-refractivity contribution >= 4 is 45.8 Å². The molecule has 0 spiro atoms. The van der Waals surface area contributed by atoms with Crippen molar-refractivity contribution in [3.8, 4) is 0 Å². The van der Waals surface area contributed by atoms with Gasteiger partial charge in [0.2, 0.25) is 0 Å². The second-order valence-electron chi connectivity index (χ2n) is 3.21. The summed E-state index contributed by atoms with van der Waals surface area (Å²) in [6, 6.07) is 5.15. The minimum Gasteiger partial charge on any atom is -0.348 e. The molecular formula is C10H13BrCl2N2O. The molecule has 0 radical (unpaired) electrons. The monoisotopic (exact) mass is 326 g/mol. The van der Waals surface area contributed by atoms with Gasteiger partial charge in [0, 0.05) is 17.1 Å². The number of carbonyl (C=O) groups is 1. The quantitative estimate of drug-likeness (QED) is 0.896. The van der Waals surface area contributed by atoms with Crippen LogP contribution in [0.15, 0.2) is 22.7 Å². The Morgan fingerprint density at radius 2 is 2.25 bits per heavy atom. The zero-order valence-corrected chi connectivity index (χ0v) is 11.8. The molecule has 0 saturated carbocycles. The Bertz CT molecular complexity index is 374. The van der Waals surface area contributed by atoms with Crippen molar-refractivity contribution < 1.29 is 4.79 Å². The fraction of sp³-hybridized carbons (Fsp3) is 0.300. The number of nitrogens with one attached hydrogen (secondary N) is 1. The summed E-state index contributed by atoms with van der Waals surface area (Å²) < 4.78 is 0.706. The van der Waals surface area contributed by atoms with Gasteiger partial charge >= 0.3 is 0 Å². The molecule has 1 aromatic carbocycles. The summed E-state index contributed by atoms with van der Waals surface area (Å²) in [6.45, 7) is 2.24. The van der Waals surface area contributed by atoms with E-state index in [2.05, 4.69) is 21.2 Å². The second-order valence-corrected chi connectivity index (χ2v) is 4.44. The first-order chi connectivity index (χ1) is 7.06. The molecule has 3 nitrogen and oxygen atoms in total. The maximum Gasteiger partial charge on any atom is 0.253 e. The first kappa shape index (κ1) is 15.7. The summed E-state index contributed by atoms with van der Waals surface area (Å²) in [4.78, 5) is 11.7. The average Bonchev–Trinajstić information content (AvgIpc) is 2.21. The molecule has 0 aliphatic rings. The van der Waals surface area contributed by atoms with Crippen LogP contribution in [0.2, 0.25) is 5.02 Å². The summed E-state index contributed by atoms with van der Waals surface area (Å²) in [5.41, 5.74) is 5.86. The summed E-state index contributed by atoms with van der Waals surface area (Å²) in [7, 11) is 0. The van der Waals surface area contributed by atoms with E-state index in [9.17, 15) is 4.79 Å². The van der Waals surface area contributed by atoms with E-state index in [0.29, 0.717) is 21.6 Å². The number of carbonyl (C=O) groups excluding carboxylic acids is 1. The van der Waals surface area contributed by atoms with Gasteiger partial charge in [-0.3, -0.25) is 4.79 Å². The zero-order chi connectivity index (χ0) is 11.4. The van der Waals surface area contributed by atoms with Gasteiger partial charge in [-0.15, -0.1) is 12.4 Å². The molecule has 0 saturated heterocycles. The number of hydrogen-bond donors (Lipinski definition) is 2. The van der Waals surface area contributed by atoms with E-state index in [1.54, 1.807) is 18.2 Å². The molecule has 16 heavy (non-hydrogen) atoms. The number of rotatable bonds is 3. The predicted molar refractivity (Wildman–Crippen MR) is 72.4 cm³/mol. The molecule has 1 amide bonds. The fourth-order valence-electron chi connectivity index (χ4n) is 1.04. The van der Waals surface area contributed by atoms with E-state index >= 15 is 0 Å². The molecule has 1 atom stereocenters. The average molecular weight is 328 g/mol. The van der Waals surface area contributed by atoms with E-state index in [1.165, 1.54) is 0 Å². The molecule has 0 bridgehead atoms. The molecule has 1 aromatic rings. The number of hydrogen-bond acceptors (Lipinski definition) is 2. The van der Waals surface area contributed by atoms with E-state index < -0.39 is 0 Å². The van der Waals surface area contributed by atoms with Crippen LogP contribution in [0.5, 0.6) is 0 Å². The number of benzene rings is 1. The Labute approximate surface area is 114 Å². The van der Waals surface area contributed by atoms with Gasteiger partial charge in [-0.1, -0.05) is 17.7 Å². The normalized spacial score (nSPS) is 11.5. The molecule has 0 aliphatic carbocycles. The smallest absolute Gasteiger partial charge is 0.253 e. The van der Waals surface area contributed by atoms with Gasteiger partial charge in [0.1, 0.15) is 0 Å². The highest BCUT2D eigenvalue weighted by molar-refractivity contribution is 9.10. The first-order valence-electron chi connectivity index (χ1n) is 4.51. The summed E-state index contributed by atoms with van der Waals surface area (Å²) >= 11 is 9.24. The molecule has 0 unspecified atom stereocenters. The topological polar surface area (TPSA) is 55.1 Å². The van der Waals surface area contributed by atoms with Gasteiger partial charge in [-0.25, -0.2) is 0 Å². The number of nitrogens with two attached hydrogens (primary N) is 1. The summed E-state index contributed by atoms with van der Waals surface area (Å²) in [5, 5.41) is 3.16. The third-order valence-electron chi connectivity index (χ3n) is 1.93. The van der Waals surface area contributed by atoms with Crippen LogP contribution >= 0.6 is 39.9 Å². The van der Waals surface area contributed by atoms with E-state index in [4.69, 9.17) is 17.3 Å². The maximum absolute atomic E-state index is 11.7. The summed E-state index contributed by atoms with van der Waals surface area (Å²) in [5.74, 6) is -0.209. The van der Waals surface area contributed by atoms with Gasteiger partial charge in [0.25, 0.3) is 5.91 Å². The van der Waals surface area contributed by atoms with Crippen molar-refractivity contribution in [1.82, 2.24) is 5.32 Å². The minimum absolute atomic E-state index is 0. The van der Waals surface area contributed by atoms with Crippen molar-refractivity contribution in [1.29, 1.82) is 0 Å². The minimum atomic E-state index is -0.209. The standard InChI is InChI=1S/C10H12BrClN2O.ClH/c1-6(5-13)14-10(15)7-3-2-4-8(11)9(7)12;/h2-4,6H,5,13H2,1H3,(H,14,15);1H/t6-;/m1./s1. The Morgan fingerprint density at radius 1 is 1.62 bits per heavy atom. The van der Waals surface area contributed by atoms with Crippen LogP contribution in [0.3, 0.4) is 0 Å². The first-order valence-corrected chi connectivity index (χ1v) is 5.68. The van der Waals surface area contributed by atoms with Crippen LogP contribution in [-0.2, 0) is 0 Å². The summed E-state index contributed by atoms with van der Waals surface area (Å²) in [6.07, 6.45) is 0. The Balaban J connectivity index is 0.00000225. The maximum atomic E-state index is 11.7. The molecule has 0 aliphatic heterocycles. The Morgan fingerprint density at radius 3 is 2.81 bits per heavy atom. The highest BCUT2D eigenvalue weighted by Crippen LogP contribution is 2.25. The highest BCUT2D eigenvalue weighted by Gasteiger charge is 2.13. The van der Waals surface area contributed by atoms with Gasteiger partial charge in [0.05, 0.1) is 10.6 Å². The van der Waals surface area contributed by atoms with Gasteiger partial charge in [-0.05, 0) is 35.0 Å². The van der Waals surface area contributed by atoms with Crippen molar-refractivity contribution in [2.24, 2.45) is 5.73 Å². The highest BCUT2D eigenvalue weighted by atomic mass is 79.9. The molecule has 90 valence electrons. The van der Waals surface area contributed by atoms with E-state index in [-0.39, 0.29) is 24.4 Å². The van der Waals surface area contributed by atoms with Crippen LogP contribution in [0.4, 0.5) is 0 Å². The fourth-order valence-corrected chi connectivity index (χ4v) is 1.62. The van der Waals surface area contributed by atoms with Crippen LogP contribution in [0.1, 0.15) is 17.3 Å². The van der Waals surface area contributed by atoms with Crippen molar-refractivity contribution in [3.05, 3.63) is 33.3 Å². The lowest BCUT2D eigenvalue weighted by Gasteiger charge is -2.12. The van der Waals surface area contributed by atoms with E-state index in [1.807, 2.05) is 6.92 Å². The largest absolute Gasteiger partial charge is 0.348 e. The SMILES string of the molecule is C[C@H](CN)NC(=O)c1cccc(Br)c1Cl.Cl. The number of halogens is 3. The lowest BCUT2D eigenvalue weighted by Crippen LogP contribution is -2.37. The molecule has 3 N–H and O–H groups in total. The van der Waals surface area contributed by atoms with Crippen LogP contribution in [0.25, 0.3) is 0 Å². The molecule has 1 rings (SSSR count). The Kier molecular flexibility index (Phi) is 6.99. The predicted octanol–water partition coefficient (Wildman–Crippen LogP) is 2.60. The molecule has 0 fully saturated rings. The van der Waals surface area contributed by atoms with Crippen molar-refractivity contribution in [2.45, 2.75) is 13.0 Å². The van der Waals surface area contributed by atoms with Crippen LogP contribution < -0.4 is 11.1 Å². The van der Waals surface area contributed by atoms with Gasteiger partial charge < -0.3 is 11.1 Å². The number of amides is 1.